The van der Waals surface area contributed by atoms with E-state index in [1.54, 1.807) is 0 Å². The summed E-state index contributed by atoms with van der Waals surface area (Å²) in [7, 11) is 0. The molecule has 0 aliphatic heterocycles. The number of rotatable bonds is 6. The molecule has 3 heteroatoms. The Hall–Kier alpha value is -7.98. The normalized spacial score (nSPS) is 12.8. The maximum atomic E-state index is 5.53. The predicted octanol–water partition coefficient (Wildman–Crippen LogP) is 16.2. The van der Waals surface area contributed by atoms with Gasteiger partial charge in [-0.15, -0.1) is 11.3 Å². The number of hydrogen-bond donors (Lipinski definition) is 0. The van der Waals surface area contributed by atoms with Crippen LogP contribution in [0.4, 0.5) is 0 Å². The lowest BCUT2D eigenvalue weighted by atomic mass is 9.67. The number of benzene rings is 10. The SMILES string of the molecule is c1ccc(C2(c3ccccc3)c3ccccc3-c3ccc(-c4cc(-c5ccc(-c6cccc7c6sc6ccccc67)cc5)nc(-c5cc6ccccc6c6ccccc56)n4)cc32)cc1. The minimum absolute atomic E-state index is 0.523. The first-order chi connectivity index (χ1) is 31.7. The van der Waals surface area contributed by atoms with E-state index >= 15 is 0 Å². The molecular formula is C61H38N2S. The van der Waals surface area contributed by atoms with Crippen LogP contribution in [0.3, 0.4) is 0 Å². The Morgan fingerprint density at radius 3 is 1.67 bits per heavy atom. The largest absolute Gasteiger partial charge is 0.228 e. The van der Waals surface area contributed by atoms with Crippen molar-refractivity contribution in [3.05, 3.63) is 253 Å². The molecule has 12 aromatic rings. The van der Waals surface area contributed by atoms with Gasteiger partial charge in [-0.05, 0) is 90.3 Å². The van der Waals surface area contributed by atoms with Gasteiger partial charge in [0.25, 0.3) is 0 Å². The molecule has 0 atom stereocenters. The molecule has 0 amide bonds. The fourth-order valence-corrected chi connectivity index (χ4v) is 11.7. The van der Waals surface area contributed by atoms with Crippen LogP contribution in [0.15, 0.2) is 231 Å². The van der Waals surface area contributed by atoms with Crippen LogP contribution in [-0.2, 0) is 5.41 Å². The molecule has 64 heavy (non-hydrogen) atoms. The topological polar surface area (TPSA) is 25.8 Å². The van der Waals surface area contributed by atoms with Crippen molar-refractivity contribution in [2.45, 2.75) is 5.41 Å². The van der Waals surface area contributed by atoms with Gasteiger partial charge in [0, 0.05) is 36.9 Å². The Bertz CT molecular complexity index is 3740. The molecule has 298 valence electrons. The average Bonchev–Trinajstić information content (AvgIpc) is 3.90. The van der Waals surface area contributed by atoms with Gasteiger partial charge in [-0.2, -0.15) is 0 Å². The molecule has 1 aliphatic carbocycles. The Morgan fingerprint density at radius 2 is 0.891 bits per heavy atom. The number of aromatic nitrogens is 2. The molecule has 0 fully saturated rings. The summed E-state index contributed by atoms with van der Waals surface area (Å²) in [6.07, 6.45) is 0. The van der Waals surface area contributed by atoms with Gasteiger partial charge < -0.3 is 0 Å². The molecule has 2 nitrogen and oxygen atoms in total. The standard InChI is InChI=1S/C61H38N2S/c1-3-17-43(18-4-1)61(44-19-5-2-6-20-44)54-28-13-11-24-49(54)50-35-34-42(37-55(50)61)57-38-56(62-60(63-57)53-36-41-16-7-8-21-45(41)47-22-9-10-23-48(47)53)40-32-30-39(31-33-40)46-26-15-27-52-51-25-12-14-29-58(51)64-59(46)52/h1-38H. The van der Waals surface area contributed by atoms with Crippen LogP contribution < -0.4 is 0 Å². The van der Waals surface area contributed by atoms with E-state index in [0.29, 0.717) is 5.82 Å². The molecule has 0 saturated heterocycles. The van der Waals surface area contributed by atoms with Crippen LogP contribution in [0, 0.1) is 0 Å². The Balaban J connectivity index is 1.03. The van der Waals surface area contributed by atoms with E-state index in [2.05, 4.69) is 231 Å². The zero-order chi connectivity index (χ0) is 42.2. The first-order valence-corrected chi connectivity index (χ1v) is 22.7. The summed E-state index contributed by atoms with van der Waals surface area (Å²) in [5, 5.41) is 7.32. The van der Waals surface area contributed by atoms with E-state index in [9.17, 15) is 0 Å². The fraction of sp³-hybridized carbons (Fsp3) is 0.0164. The Morgan fingerprint density at radius 1 is 0.328 bits per heavy atom. The monoisotopic (exact) mass is 830 g/mol. The van der Waals surface area contributed by atoms with Crippen LogP contribution in [0.2, 0.25) is 0 Å². The highest BCUT2D eigenvalue weighted by molar-refractivity contribution is 7.26. The molecule has 0 bridgehead atoms. The average molecular weight is 831 g/mol. The van der Waals surface area contributed by atoms with E-state index < -0.39 is 5.41 Å². The van der Waals surface area contributed by atoms with Gasteiger partial charge in [-0.25, -0.2) is 9.97 Å². The van der Waals surface area contributed by atoms with Crippen LogP contribution >= 0.6 is 11.3 Å². The molecule has 0 N–H and O–H groups in total. The van der Waals surface area contributed by atoms with Crippen LogP contribution in [0.1, 0.15) is 22.3 Å². The molecule has 0 radical (unpaired) electrons. The summed E-state index contributed by atoms with van der Waals surface area (Å²) in [5.74, 6) is 0.703. The third kappa shape index (κ3) is 5.58. The lowest BCUT2D eigenvalue weighted by Gasteiger charge is -2.34. The highest BCUT2D eigenvalue weighted by atomic mass is 32.1. The van der Waals surface area contributed by atoms with Crippen LogP contribution in [-0.4, -0.2) is 9.97 Å². The minimum atomic E-state index is -0.523. The summed E-state index contributed by atoms with van der Waals surface area (Å²) in [6, 6.07) is 84.0. The predicted molar refractivity (Wildman–Crippen MR) is 269 cm³/mol. The first-order valence-electron chi connectivity index (χ1n) is 21.9. The van der Waals surface area contributed by atoms with Crippen molar-refractivity contribution in [3.63, 3.8) is 0 Å². The maximum Gasteiger partial charge on any atom is 0.161 e. The molecule has 10 aromatic carbocycles. The molecule has 13 rings (SSSR count). The highest BCUT2D eigenvalue weighted by Crippen LogP contribution is 2.56. The quantitative estimate of drug-likeness (QED) is 0.156. The molecular weight excluding hydrogens is 793 g/mol. The summed E-state index contributed by atoms with van der Waals surface area (Å²) >= 11 is 1.87. The van der Waals surface area contributed by atoms with Crippen molar-refractivity contribution in [3.8, 4) is 56.2 Å². The number of hydrogen-bond acceptors (Lipinski definition) is 3. The van der Waals surface area contributed by atoms with Crippen molar-refractivity contribution in [1.29, 1.82) is 0 Å². The van der Waals surface area contributed by atoms with E-state index in [4.69, 9.17) is 9.97 Å². The zero-order valence-electron chi connectivity index (χ0n) is 34.7. The molecule has 0 unspecified atom stereocenters. The van der Waals surface area contributed by atoms with Crippen molar-refractivity contribution >= 4 is 53.1 Å². The molecule has 0 spiro atoms. The van der Waals surface area contributed by atoms with Gasteiger partial charge in [0.2, 0.25) is 0 Å². The smallest absolute Gasteiger partial charge is 0.161 e. The van der Waals surface area contributed by atoms with E-state index in [1.807, 2.05) is 11.3 Å². The lowest BCUT2D eigenvalue weighted by molar-refractivity contribution is 0.768. The van der Waals surface area contributed by atoms with E-state index in [-0.39, 0.29) is 0 Å². The second-order valence-electron chi connectivity index (χ2n) is 16.8. The maximum absolute atomic E-state index is 5.53. The lowest BCUT2D eigenvalue weighted by Crippen LogP contribution is -2.28. The molecule has 1 aliphatic rings. The van der Waals surface area contributed by atoms with Gasteiger partial charge in [0.1, 0.15) is 0 Å². The zero-order valence-corrected chi connectivity index (χ0v) is 35.6. The van der Waals surface area contributed by atoms with Gasteiger partial charge in [-0.1, -0.05) is 206 Å². The van der Waals surface area contributed by atoms with Crippen LogP contribution in [0.25, 0.3) is 97.9 Å². The van der Waals surface area contributed by atoms with E-state index in [0.717, 1.165) is 38.9 Å². The summed E-state index contributed by atoms with van der Waals surface area (Å²) < 4.78 is 2.62. The summed E-state index contributed by atoms with van der Waals surface area (Å²) in [6.45, 7) is 0. The summed E-state index contributed by atoms with van der Waals surface area (Å²) in [5.41, 5.74) is 14.3. The molecule has 0 saturated carbocycles. The third-order valence-electron chi connectivity index (χ3n) is 13.4. The first kappa shape index (κ1) is 36.7. The fourth-order valence-electron chi connectivity index (χ4n) is 10.5. The van der Waals surface area contributed by atoms with Gasteiger partial charge >= 0.3 is 0 Å². The molecule has 2 aromatic heterocycles. The minimum Gasteiger partial charge on any atom is -0.228 e. The number of thiophene rings is 1. The van der Waals surface area contributed by atoms with Gasteiger partial charge in [0.15, 0.2) is 5.82 Å². The summed E-state index contributed by atoms with van der Waals surface area (Å²) in [4.78, 5) is 11.0. The van der Waals surface area contributed by atoms with Crippen molar-refractivity contribution < 1.29 is 0 Å². The Kier molecular flexibility index (Phi) is 8.34. The number of fused-ring (bicyclic) bond motifs is 9. The van der Waals surface area contributed by atoms with Gasteiger partial charge in [0.05, 0.1) is 16.8 Å². The third-order valence-corrected chi connectivity index (χ3v) is 14.6. The van der Waals surface area contributed by atoms with Gasteiger partial charge in [-0.3, -0.25) is 0 Å². The Labute approximate surface area is 375 Å². The van der Waals surface area contributed by atoms with Crippen molar-refractivity contribution in [2.75, 3.05) is 0 Å². The van der Waals surface area contributed by atoms with E-state index in [1.165, 1.54) is 75.5 Å². The molecule has 2 heterocycles. The van der Waals surface area contributed by atoms with Crippen molar-refractivity contribution in [1.82, 2.24) is 9.97 Å². The number of nitrogens with zero attached hydrogens (tertiary/aromatic N) is 2. The highest BCUT2D eigenvalue weighted by Gasteiger charge is 2.46. The second-order valence-corrected chi connectivity index (χ2v) is 17.9. The second kappa shape index (κ2) is 14.6. The van der Waals surface area contributed by atoms with Crippen molar-refractivity contribution in [2.24, 2.45) is 0 Å². The van der Waals surface area contributed by atoms with Crippen LogP contribution in [0.5, 0.6) is 0 Å².